The van der Waals surface area contributed by atoms with Crippen LogP contribution >= 0.6 is 0 Å². The van der Waals surface area contributed by atoms with Crippen molar-refractivity contribution in [3.63, 3.8) is 0 Å². The number of aryl methyl sites for hydroxylation is 1. The van der Waals surface area contributed by atoms with Crippen LogP contribution in [0.15, 0.2) is 52.8 Å². The van der Waals surface area contributed by atoms with Crippen LogP contribution < -0.4 is 9.63 Å². The van der Waals surface area contributed by atoms with Gasteiger partial charge in [-0.05, 0) is 47.9 Å². The summed E-state index contributed by atoms with van der Waals surface area (Å²) < 4.78 is 0.680. The summed E-state index contributed by atoms with van der Waals surface area (Å²) in [5.74, 6) is 0.261. The summed E-state index contributed by atoms with van der Waals surface area (Å²) in [4.78, 5) is 1.94. The van der Waals surface area contributed by atoms with Gasteiger partial charge in [0.2, 0.25) is 0 Å². The van der Waals surface area contributed by atoms with Crippen LogP contribution in [0.3, 0.4) is 0 Å². The van der Waals surface area contributed by atoms with Crippen LogP contribution in [0.2, 0.25) is 0 Å². The van der Waals surface area contributed by atoms with Crippen LogP contribution in [0.4, 0.5) is 17.2 Å². The lowest BCUT2D eigenvalue weighted by Gasteiger charge is -2.17. The summed E-state index contributed by atoms with van der Waals surface area (Å²) in [5.41, 5.74) is 2.60. The molecule has 0 saturated heterocycles. The molecule has 0 saturated carbocycles. The number of anilines is 1. The van der Waals surface area contributed by atoms with Crippen LogP contribution in [-0.4, -0.2) is 25.3 Å². The highest BCUT2D eigenvalue weighted by Gasteiger charge is 2.05. The van der Waals surface area contributed by atoms with Crippen LogP contribution in [-0.2, 0) is 0 Å². The second-order valence-electron chi connectivity index (χ2n) is 4.75. The van der Waals surface area contributed by atoms with Gasteiger partial charge >= 0.3 is 5.82 Å². The number of aliphatic hydroxyl groups is 1. The second-order valence-corrected chi connectivity index (χ2v) is 4.75. The third-order valence-corrected chi connectivity index (χ3v) is 3.05. The Morgan fingerprint density at radius 3 is 2.57 bits per heavy atom. The van der Waals surface area contributed by atoms with Crippen LogP contribution in [0, 0.1) is 12.1 Å². The monoisotopic (exact) mass is 286 g/mol. The van der Waals surface area contributed by atoms with Crippen LogP contribution in [0.5, 0.6) is 0 Å². The van der Waals surface area contributed by atoms with Crippen molar-refractivity contribution in [2.24, 2.45) is 10.2 Å². The fourth-order valence-electron chi connectivity index (χ4n) is 1.81. The highest BCUT2D eigenvalue weighted by atomic mass is 16.5. The first kappa shape index (κ1) is 14.9. The van der Waals surface area contributed by atoms with Gasteiger partial charge in [0.1, 0.15) is 5.69 Å². The molecule has 6 nitrogen and oxygen atoms in total. The van der Waals surface area contributed by atoms with Gasteiger partial charge in [-0.3, -0.25) is 0 Å². The van der Waals surface area contributed by atoms with E-state index in [2.05, 4.69) is 10.2 Å². The summed E-state index contributed by atoms with van der Waals surface area (Å²) in [5, 5.41) is 28.5. The zero-order valence-electron chi connectivity index (χ0n) is 12.1. The number of benzene rings is 1. The molecule has 2 aromatic rings. The zero-order chi connectivity index (χ0) is 15.2. The molecule has 21 heavy (non-hydrogen) atoms. The number of aromatic nitrogens is 1. The molecule has 1 aromatic heterocycles. The van der Waals surface area contributed by atoms with Crippen molar-refractivity contribution < 1.29 is 9.84 Å². The van der Waals surface area contributed by atoms with Gasteiger partial charge in [0.05, 0.1) is 17.9 Å². The van der Waals surface area contributed by atoms with Crippen molar-refractivity contribution in [3.8, 4) is 0 Å². The van der Waals surface area contributed by atoms with Crippen molar-refractivity contribution in [2.45, 2.75) is 6.92 Å². The lowest BCUT2D eigenvalue weighted by Crippen LogP contribution is -2.25. The Kier molecular flexibility index (Phi) is 4.84. The fraction of sp³-hybridized carbons (Fsp3) is 0.267. The number of hydrogen-bond acceptors (Lipinski definition) is 5. The molecule has 1 N–H and O–H groups in total. The molecule has 6 heteroatoms. The molecule has 0 radical (unpaired) electrons. The highest BCUT2D eigenvalue weighted by Crippen LogP contribution is 2.20. The number of hydrogen-bond donors (Lipinski definition) is 1. The van der Waals surface area contributed by atoms with E-state index in [1.807, 2.05) is 43.1 Å². The molecule has 0 aliphatic heterocycles. The molecular weight excluding hydrogens is 268 g/mol. The van der Waals surface area contributed by atoms with Crippen LogP contribution in [0.1, 0.15) is 5.56 Å². The van der Waals surface area contributed by atoms with E-state index in [9.17, 15) is 5.21 Å². The average Bonchev–Trinajstić information content (AvgIpc) is 2.49. The number of rotatable bonds is 5. The molecule has 0 atom stereocenters. The van der Waals surface area contributed by atoms with E-state index in [0.29, 0.717) is 17.0 Å². The molecule has 0 aliphatic carbocycles. The first-order chi connectivity index (χ1) is 10.1. The summed E-state index contributed by atoms with van der Waals surface area (Å²) in [6.07, 6.45) is 1.41. The Labute approximate surface area is 123 Å². The van der Waals surface area contributed by atoms with Crippen molar-refractivity contribution in [1.29, 1.82) is 0 Å². The normalized spacial score (nSPS) is 11.0. The topological polar surface area (TPSA) is 75.1 Å². The first-order valence-corrected chi connectivity index (χ1v) is 6.64. The van der Waals surface area contributed by atoms with Crippen molar-refractivity contribution in [1.82, 2.24) is 0 Å². The number of pyridine rings is 1. The predicted octanol–water partition coefficient (Wildman–Crippen LogP) is 2.47. The molecular formula is C15H18N4O2. The van der Waals surface area contributed by atoms with Gasteiger partial charge in [0.15, 0.2) is 0 Å². The molecule has 0 bridgehead atoms. The Bertz CT molecular complexity index is 626. The predicted molar refractivity (Wildman–Crippen MR) is 81.1 cm³/mol. The van der Waals surface area contributed by atoms with Gasteiger partial charge in [-0.2, -0.15) is 0 Å². The van der Waals surface area contributed by atoms with Gasteiger partial charge in [-0.1, -0.05) is 0 Å². The second kappa shape index (κ2) is 6.81. The molecule has 0 unspecified atom stereocenters. The van der Waals surface area contributed by atoms with E-state index < -0.39 is 0 Å². The van der Waals surface area contributed by atoms with Gasteiger partial charge in [-0.15, -0.1) is 0 Å². The summed E-state index contributed by atoms with van der Waals surface area (Å²) in [6.45, 7) is 2.57. The van der Waals surface area contributed by atoms with E-state index in [1.54, 1.807) is 12.1 Å². The number of nitrogens with zero attached hydrogens (tertiary/aromatic N) is 4. The molecule has 1 aromatic carbocycles. The fourth-order valence-corrected chi connectivity index (χ4v) is 1.81. The minimum atomic E-state index is 0.106. The maximum absolute atomic E-state index is 11.5. The Hall–Kier alpha value is -2.47. The lowest BCUT2D eigenvalue weighted by atomic mass is 10.2. The third-order valence-electron chi connectivity index (χ3n) is 3.05. The van der Waals surface area contributed by atoms with Gasteiger partial charge < -0.3 is 15.2 Å². The van der Waals surface area contributed by atoms with Gasteiger partial charge in [-0.25, -0.2) is 4.73 Å². The summed E-state index contributed by atoms with van der Waals surface area (Å²) >= 11 is 0. The average molecular weight is 286 g/mol. The van der Waals surface area contributed by atoms with E-state index in [-0.39, 0.29) is 12.4 Å². The zero-order valence-corrected chi connectivity index (χ0v) is 12.1. The van der Waals surface area contributed by atoms with E-state index >= 15 is 0 Å². The minimum absolute atomic E-state index is 0.106. The molecule has 1 heterocycles. The maximum Gasteiger partial charge on any atom is 0.353 e. The number of azo groups is 1. The molecule has 2 rings (SSSR count). The summed E-state index contributed by atoms with van der Waals surface area (Å²) in [6, 6.07) is 10.8. The van der Waals surface area contributed by atoms with Crippen molar-refractivity contribution >= 4 is 17.2 Å². The Balaban J connectivity index is 2.13. The van der Waals surface area contributed by atoms with Crippen molar-refractivity contribution in [3.05, 3.63) is 53.4 Å². The first-order valence-electron chi connectivity index (χ1n) is 6.64. The largest absolute Gasteiger partial charge is 0.710 e. The number of aliphatic hydroxyl groups excluding tert-OH is 1. The maximum atomic E-state index is 11.5. The summed E-state index contributed by atoms with van der Waals surface area (Å²) in [7, 11) is 1.90. The van der Waals surface area contributed by atoms with Crippen LogP contribution in [0.25, 0.3) is 0 Å². The van der Waals surface area contributed by atoms with E-state index in [1.165, 1.54) is 6.20 Å². The highest BCUT2D eigenvalue weighted by molar-refractivity contribution is 5.52. The SMILES string of the molecule is Cc1cc[n+]([O-])c(N=Nc2ccc(N(C)CCO)cc2)c1. The quantitative estimate of drug-likeness (QED) is 0.521. The molecule has 0 spiro atoms. The molecule has 0 fully saturated rings. The smallest absolute Gasteiger partial charge is 0.353 e. The molecule has 110 valence electrons. The van der Waals surface area contributed by atoms with E-state index in [0.717, 1.165) is 11.3 Å². The third kappa shape index (κ3) is 4.00. The van der Waals surface area contributed by atoms with Gasteiger partial charge in [0, 0.05) is 25.3 Å². The Morgan fingerprint density at radius 1 is 1.19 bits per heavy atom. The Morgan fingerprint density at radius 2 is 1.90 bits per heavy atom. The lowest BCUT2D eigenvalue weighted by molar-refractivity contribution is -0.591. The van der Waals surface area contributed by atoms with Gasteiger partial charge in [0.25, 0.3) is 0 Å². The minimum Gasteiger partial charge on any atom is -0.710 e. The molecule has 0 aliphatic rings. The van der Waals surface area contributed by atoms with E-state index in [4.69, 9.17) is 5.11 Å². The number of likely N-dealkylation sites (N-methyl/N-ethyl adjacent to an activating group) is 1. The van der Waals surface area contributed by atoms with Crippen molar-refractivity contribution in [2.75, 3.05) is 25.1 Å². The standard InChI is InChI=1S/C15H18N4O2/c1-12-7-8-19(21)15(11-12)17-16-13-3-5-14(6-4-13)18(2)9-10-20/h3-8,11,20H,9-10H2,1-2H3. The molecule has 0 amide bonds.